The molecule has 2 aromatic carbocycles. The Morgan fingerprint density at radius 2 is 1.86 bits per heavy atom. The van der Waals surface area contributed by atoms with E-state index in [1.54, 1.807) is 48.5 Å². The van der Waals surface area contributed by atoms with Gasteiger partial charge in [-0.25, -0.2) is 0 Å². The fraction of sp³-hybridized carbons (Fsp3) is 0.238. The molecule has 1 atom stereocenters. The van der Waals surface area contributed by atoms with Crippen molar-refractivity contribution in [3.63, 3.8) is 0 Å². The van der Waals surface area contributed by atoms with Gasteiger partial charge in [-0.15, -0.1) is 0 Å². The highest BCUT2D eigenvalue weighted by Crippen LogP contribution is 2.39. The Kier molecular flexibility index (Phi) is 6.02. The molecule has 1 aliphatic rings. The van der Waals surface area contributed by atoms with Crippen molar-refractivity contribution in [3.8, 4) is 5.75 Å². The van der Waals surface area contributed by atoms with Crippen LogP contribution in [-0.4, -0.2) is 49.1 Å². The molecule has 1 amide bonds. The van der Waals surface area contributed by atoms with Gasteiger partial charge in [0.05, 0.1) is 25.3 Å². The molecule has 3 rings (SSSR count). The first-order valence-corrected chi connectivity index (χ1v) is 9.03. The maximum atomic E-state index is 12.8. The number of methoxy groups -OCH3 is 2. The Hall–Kier alpha value is -2.83. The molecule has 6 nitrogen and oxygen atoms in total. The second-order valence-corrected chi connectivity index (χ2v) is 6.71. The summed E-state index contributed by atoms with van der Waals surface area (Å²) in [4.78, 5) is 26.8. The van der Waals surface area contributed by atoms with Gasteiger partial charge in [0.25, 0.3) is 11.7 Å². The molecule has 146 valence electrons. The van der Waals surface area contributed by atoms with E-state index in [0.29, 0.717) is 21.9 Å². The van der Waals surface area contributed by atoms with Crippen LogP contribution >= 0.6 is 11.6 Å². The normalized spacial score (nSPS) is 18.5. The Morgan fingerprint density at radius 3 is 2.46 bits per heavy atom. The summed E-state index contributed by atoms with van der Waals surface area (Å²) in [5.41, 5.74) is 1.07. The number of halogens is 1. The van der Waals surface area contributed by atoms with Crippen molar-refractivity contribution in [1.29, 1.82) is 0 Å². The van der Waals surface area contributed by atoms with Crippen LogP contribution in [0.1, 0.15) is 17.2 Å². The number of hydrogen-bond donors (Lipinski definition) is 1. The zero-order valence-corrected chi connectivity index (χ0v) is 16.3. The maximum absolute atomic E-state index is 12.8. The lowest BCUT2D eigenvalue weighted by molar-refractivity contribution is -0.140. The number of ketones is 1. The molecule has 0 saturated carbocycles. The summed E-state index contributed by atoms with van der Waals surface area (Å²) < 4.78 is 10.2. The summed E-state index contributed by atoms with van der Waals surface area (Å²) in [6.45, 7) is 0.463. The van der Waals surface area contributed by atoms with E-state index >= 15 is 0 Å². The minimum atomic E-state index is -0.754. The molecule has 1 fully saturated rings. The number of nitrogens with zero attached hydrogens (tertiary/aromatic N) is 1. The number of rotatable bonds is 6. The van der Waals surface area contributed by atoms with Crippen LogP contribution in [0.15, 0.2) is 54.1 Å². The van der Waals surface area contributed by atoms with Crippen LogP contribution in [0.25, 0.3) is 5.76 Å². The SMILES string of the molecule is COCCN1C(=O)C(=O)C(=C(O)c2ccc(OC)cc2)[C@H]1c1cccc(Cl)c1. The molecule has 0 unspecified atom stereocenters. The average molecular weight is 402 g/mol. The maximum Gasteiger partial charge on any atom is 0.295 e. The lowest BCUT2D eigenvalue weighted by Crippen LogP contribution is -2.32. The Labute approximate surface area is 167 Å². The van der Waals surface area contributed by atoms with Gasteiger partial charge in [-0.2, -0.15) is 0 Å². The van der Waals surface area contributed by atoms with Crippen LogP contribution < -0.4 is 4.74 Å². The monoisotopic (exact) mass is 401 g/mol. The second-order valence-electron chi connectivity index (χ2n) is 6.27. The molecule has 28 heavy (non-hydrogen) atoms. The zero-order chi connectivity index (χ0) is 20.3. The van der Waals surface area contributed by atoms with Gasteiger partial charge in [0.2, 0.25) is 0 Å². The molecule has 1 N–H and O–H groups in total. The highest BCUT2D eigenvalue weighted by atomic mass is 35.5. The van der Waals surface area contributed by atoms with Crippen LogP contribution in [0.5, 0.6) is 5.75 Å². The van der Waals surface area contributed by atoms with E-state index in [9.17, 15) is 14.7 Å². The minimum absolute atomic E-state index is 0.0218. The van der Waals surface area contributed by atoms with Crippen LogP contribution in [0.2, 0.25) is 5.02 Å². The molecule has 0 radical (unpaired) electrons. The molecule has 1 aliphatic heterocycles. The average Bonchev–Trinajstić information content (AvgIpc) is 2.96. The molecular weight excluding hydrogens is 382 g/mol. The van der Waals surface area contributed by atoms with Gasteiger partial charge in [0.1, 0.15) is 11.5 Å². The van der Waals surface area contributed by atoms with Crippen LogP contribution in [-0.2, 0) is 14.3 Å². The predicted octanol–water partition coefficient (Wildman–Crippen LogP) is 3.42. The Balaban J connectivity index is 2.14. The van der Waals surface area contributed by atoms with Gasteiger partial charge in [0.15, 0.2) is 0 Å². The summed E-state index contributed by atoms with van der Waals surface area (Å²) in [6.07, 6.45) is 0. The third-order valence-electron chi connectivity index (χ3n) is 4.60. The number of aliphatic hydroxyl groups is 1. The van der Waals surface area contributed by atoms with Gasteiger partial charge >= 0.3 is 0 Å². The summed E-state index contributed by atoms with van der Waals surface area (Å²) in [5, 5.41) is 11.4. The summed E-state index contributed by atoms with van der Waals surface area (Å²) in [7, 11) is 3.05. The summed E-state index contributed by atoms with van der Waals surface area (Å²) >= 11 is 6.12. The first kappa shape index (κ1) is 19.9. The van der Waals surface area contributed by atoms with Gasteiger partial charge in [-0.1, -0.05) is 23.7 Å². The fourth-order valence-electron chi connectivity index (χ4n) is 3.23. The molecule has 2 aromatic rings. The first-order valence-electron chi connectivity index (χ1n) is 8.65. The van der Waals surface area contributed by atoms with Crippen molar-refractivity contribution in [2.45, 2.75) is 6.04 Å². The van der Waals surface area contributed by atoms with Gasteiger partial charge in [-0.3, -0.25) is 9.59 Å². The van der Waals surface area contributed by atoms with E-state index in [1.807, 2.05) is 0 Å². The number of aliphatic hydroxyl groups excluding tert-OH is 1. The summed E-state index contributed by atoms with van der Waals surface area (Å²) in [5.74, 6) is -1.05. The molecule has 0 bridgehead atoms. The highest BCUT2D eigenvalue weighted by Gasteiger charge is 2.45. The van der Waals surface area contributed by atoms with E-state index in [2.05, 4.69) is 0 Å². The van der Waals surface area contributed by atoms with Gasteiger partial charge in [-0.05, 0) is 42.0 Å². The molecule has 0 aromatic heterocycles. The summed E-state index contributed by atoms with van der Waals surface area (Å²) in [6, 6.07) is 12.7. The predicted molar refractivity (Wildman–Crippen MR) is 105 cm³/mol. The van der Waals surface area contributed by atoms with Crippen molar-refractivity contribution in [3.05, 3.63) is 70.3 Å². The molecule has 1 heterocycles. The van der Waals surface area contributed by atoms with Crippen LogP contribution in [0, 0.1) is 0 Å². The van der Waals surface area contributed by atoms with Crippen LogP contribution in [0.4, 0.5) is 0 Å². The lowest BCUT2D eigenvalue weighted by Gasteiger charge is -2.25. The smallest absolute Gasteiger partial charge is 0.295 e. The molecule has 0 spiro atoms. The standard InChI is InChI=1S/C21H20ClNO5/c1-27-11-10-23-18(14-4-3-5-15(22)12-14)17(20(25)21(23)26)19(24)13-6-8-16(28-2)9-7-13/h3-9,12,18,24H,10-11H2,1-2H3/t18-/m1/s1. The highest BCUT2D eigenvalue weighted by molar-refractivity contribution is 6.46. The van der Waals surface area contributed by atoms with Crippen molar-refractivity contribution in [2.24, 2.45) is 0 Å². The molecule has 1 saturated heterocycles. The van der Waals surface area contributed by atoms with Crippen molar-refractivity contribution in [1.82, 2.24) is 4.90 Å². The number of carbonyl (C=O) groups is 2. The van der Waals surface area contributed by atoms with Crippen LogP contribution in [0.3, 0.4) is 0 Å². The van der Waals surface area contributed by atoms with Crippen molar-refractivity contribution in [2.75, 3.05) is 27.4 Å². The Morgan fingerprint density at radius 1 is 1.14 bits per heavy atom. The number of likely N-dealkylation sites (tertiary alicyclic amines) is 1. The number of Topliss-reactive ketones (excluding diaryl/α,β-unsaturated/α-hetero) is 1. The Bertz CT molecular complexity index is 923. The van der Waals surface area contributed by atoms with Gasteiger partial charge < -0.3 is 19.5 Å². The van der Waals surface area contributed by atoms with E-state index < -0.39 is 17.7 Å². The molecule has 0 aliphatic carbocycles. The number of benzene rings is 2. The fourth-order valence-corrected chi connectivity index (χ4v) is 3.43. The first-order chi connectivity index (χ1) is 13.5. The third-order valence-corrected chi connectivity index (χ3v) is 4.84. The largest absolute Gasteiger partial charge is 0.507 e. The lowest BCUT2D eigenvalue weighted by atomic mass is 9.95. The van der Waals surface area contributed by atoms with Gasteiger partial charge in [0, 0.05) is 24.2 Å². The van der Waals surface area contributed by atoms with E-state index in [1.165, 1.54) is 19.1 Å². The van der Waals surface area contributed by atoms with Crippen molar-refractivity contribution >= 4 is 29.1 Å². The quantitative estimate of drug-likeness (QED) is 0.456. The zero-order valence-electron chi connectivity index (χ0n) is 15.5. The number of carbonyl (C=O) groups excluding carboxylic acids is 2. The number of ether oxygens (including phenoxy) is 2. The van der Waals surface area contributed by atoms with E-state index in [-0.39, 0.29) is 24.5 Å². The topological polar surface area (TPSA) is 76.1 Å². The number of hydrogen-bond acceptors (Lipinski definition) is 5. The van der Waals surface area contributed by atoms with E-state index in [4.69, 9.17) is 21.1 Å². The number of amides is 1. The molecule has 7 heteroatoms. The third kappa shape index (κ3) is 3.74. The van der Waals surface area contributed by atoms with E-state index in [0.717, 1.165) is 0 Å². The second kappa shape index (κ2) is 8.46. The van der Waals surface area contributed by atoms with Crippen molar-refractivity contribution < 1.29 is 24.2 Å². The minimum Gasteiger partial charge on any atom is -0.507 e. The molecular formula is C21H20ClNO5.